The van der Waals surface area contributed by atoms with Crippen molar-refractivity contribution in [2.75, 3.05) is 19.1 Å². The molecule has 0 aromatic heterocycles. The minimum Gasteiger partial charge on any atom is -0.467 e. The molecule has 2 aromatic rings. The molecule has 0 bridgehead atoms. The number of carbonyl (C=O) groups is 4. The van der Waals surface area contributed by atoms with E-state index in [1.807, 2.05) is 6.26 Å². The van der Waals surface area contributed by atoms with Gasteiger partial charge in [-0.25, -0.2) is 4.79 Å². The molecule has 2 aromatic carbocycles. The maximum absolute atomic E-state index is 12.4. The zero-order valence-electron chi connectivity index (χ0n) is 19.8. The Morgan fingerprint density at radius 1 is 1.11 bits per heavy atom. The summed E-state index contributed by atoms with van der Waals surface area (Å²) in [6.07, 6.45) is 4.32. The number of amides is 3. The Morgan fingerprint density at radius 3 is 2.31 bits per heavy atom. The summed E-state index contributed by atoms with van der Waals surface area (Å²) in [5, 5.41) is 4.52. The van der Waals surface area contributed by atoms with E-state index in [1.54, 1.807) is 66.4 Å². The van der Waals surface area contributed by atoms with E-state index in [4.69, 9.17) is 15.2 Å². The first kappa shape index (κ1) is 27.3. The summed E-state index contributed by atoms with van der Waals surface area (Å²) in [6.45, 7) is 0. The Labute approximate surface area is 217 Å². The molecule has 2 atom stereocenters. The van der Waals surface area contributed by atoms with Crippen molar-refractivity contribution < 1.29 is 28.7 Å². The lowest BCUT2D eigenvalue weighted by molar-refractivity contribution is -0.145. The highest BCUT2D eigenvalue weighted by Crippen LogP contribution is 2.27. The van der Waals surface area contributed by atoms with Crippen molar-refractivity contribution in [3.05, 3.63) is 64.6 Å². The van der Waals surface area contributed by atoms with Gasteiger partial charge in [-0.05, 0) is 71.7 Å². The minimum atomic E-state index is -0.855. The van der Waals surface area contributed by atoms with Crippen molar-refractivity contribution in [1.82, 2.24) is 10.6 Å². The lowest BCUT2D eigenvalue weighted by Crippen LogP contribution is -2.49. The molecule has 3 rings (SSSR count). The lowest BCUT2D eigenvalue weighted by atomic mass is 10.0. The Hall–Kier alpha value is -3.28. The molecule has 0 saturated carbocycles. The van der Waals surface area contributed by atoms with Crippen LogP contribution in [0.5, 0.6) is 11.5 Å². The molecule has 1 aliphatic heterocycles. The van der Waals surface area contributed by atoms with E-state index in [0.29, 0.717) is 22.8 Å². The first-order valence-electron chi connectivity index (χ1n) is 11.0. The highest BCUT2D eigenvalue weighted by Gasteiger charge is 2.25. The summed E-state index contributed by atoms with van der Waals surface area (Å²) in [6, 6.07) is 12.6. The molecule has 1 heterocycles. The van der Waals surface area contributed by atoms with Gasteiger partial charge in [-0.3, -0.25) is 19.7 Å². The van der Waals surface area contributed by atoms with Crippen molar-refractivity contribution in [3.63, 3.8) is 0 Å². The van der Waals surface area contributed by atoms with E-state index >= 15 is 0 Å². The number of ether oxygens (including phenoxy) is 2. The first-order valence-corrected chi connectivity index (χ1v) is 13.2. The molecule has 0 spiro atoms. The van der Waals surface area contributed by atoms with Gasteiger partial charge in [0.05, 0.1) is 18.1 Å². The fourth-order valence-electron chi connectivity index (χ4n) is 3.26. The maximum Gasteiger partial charge on any atom is 0.328 e. The quantitative estimate of drug-likeness (QED) is 0.296. The van der Waals surface area contributed by atoms with Crippen LogP contribution in [-0.2, 0) is 25.5 Å². The number of carbonyl (C=O) groups excluding carboxylic acids is 4. The van der Waals surface area contributed by atoms with Gasteiger partial charge in [-0.2, -0.15) is 11.8 Å². The molecule has 1 aliphatic rings. The Balaban J connectivity index is 1.59. The summed E-state index contributed by atoms with van der Waals surface area (Å²) >= 11 is 2.46. The number of hydrogen-bond acceptors (Lipinski definition) is 9. The molecular formula is C25H27N3O6S2. The van der Waals surface area contributed by atoms with Gasteiger partial charge in [-0.15, -0.1) is 0 Å². The van der Waals surface area contributed by atoms with E-state index < -0.39 is 29.9 Å². The molecule has 11 heteroatoms. The van der Waals surface area contributed by atoms with Crippen LogP contribution in [0.4, 0.5) is 4.79 Å². The monoisotopic (exact) mass is 529 g/mol. The van der Waals surface area contributed by atoms with E-state index in [0.717, 1.165) is 28.6 Å². The number of methoxy groups -OCH3 is 1. The summed E-state index contributed by atoms with van der Waals surface area (Å²) in [5.41, 5.74) is 7.48. The van der Waals surface area contributed by atoms with Crippen LogP contribution in [-0.4, -0.2) is 54.2 Å². The molecule has 36 heavy (non-hydrogen) atoms. The lowest BCUT2D eigenvalue weighted by Gasteiger charge is -2.19. The van der Waals surface area contributed by atoms with Gasteiger partial charge in [0.25, 0.3) is 11.1 Å². The number of esters is 1. The molecule has 3 amide bonds. The van der Waals surface area contributed by atoms with Crippen molar-refractivity contribution in [2.24, 2.45) is 5.73 Å². The second-order valence-electron chi connectivity index (χ2n) is 7.84. The summed E-state index contributed by atoms with van der Waals surface area (Å²) in [7, 11) is 1.27. The average Bonchev–Trinajstić information content (AvgIpc) is 3.19. The van der Waals surface area contributed by atoms with Crippen molar-refractivity contribution in [2.45, 2.75) is 24.9 Å². The summed E-state index contributed by atoms with van der Waals surface area (Å²) in [4.78, 5) is 47.9. The van der Waals surface area contributed by atoms with Crippen LogP contribution in [0.25, 0.3) is 6.08 Å². The average molecular weight is 530 g/mol. The van der Waals surface area contributed by atoms with E-state index in [-0.39, 0.29) is 11.7 Å². The zero-order valence-corrected chi connectivity index (χ0v) is 21.4. The second-order valence-corrected chi connectivity index (χ2v) is 9.84. The highest BCUT2D eigenvalue weighted by molar-refractivity contribution is 8.18. The third-order valence-electron chi connectivity index (χ3n) is 5.19. The third-order valence-corrected chi connectivity index (χ3v) is 6.65. The third kappa shape index (κ3) is 7.87. The normalized spacial score (nSPS) is 15.8. The predicted molar refractivity (Wildman–Crippen MR) is 141 cm³/mol. The van der Waals surface area contributed by atoms with Crippen LogP contribution in [0.1, 0.15) is 17.5 Å². The van der Waals surface area contributed by atoms with Crippen LogP contribution >= 0.6 is 23.5 Å². The number of nitrogens with two attached hydrogens (primary N) is 1. The summed E-state index contributed by atoms with van der Waals surface area (Å²) in [5.74, 6) is 0.572. The van der Waals surface area contributed by atoms with Crippen LogP contribution < -0.4 is 21.1 Å². The number of benzene rings is 2. The van der Waals surface area contributed by atoms with Crippen LogP contribution in [0, 0.1) is 0 Å². The molecule has 1 fully saturated rings. The predicted octanol–water partition coefficient (Wildman–Crippen LogP) is 3.08. The van der Waals surface area contributed by atoms with Crippen molar-refractivity contribution in [3.8, 4) is 11.5 Å². The smallest absolute Gasteiger partial charge is 0.328 e. The SMILES string of the molecule is COC(=O)C(Cc1ccc(Oc2ccc(C=C3SC(=O)NC3=O)cc2)cc1)NC(=O)C(N)CCSC. The topological polar surface area (TPSA) is 137 Å². The number of thioether (sulfide) groups is 2. The zero-order chi connectivity index (χ0) is 26.1. The Bertz CT molecular complexity index is 1140. The van der Waals surface area contributed by atoms with Crippen LogP contribution in [0.2, 0.25) is 0 Å². The van der Waals surface area contributed by atoms with Crippen molar-refractivity contribution >= 4 is 52.6 Å². The van der Waals surface area contributed by atoms with Gasteiger partial charge in [0.2, 0.25) is 5.91 Å². The fourth-order valence-corrected chi connectivity index (χ4v) is 4.43. The molecule has 0 aliphatic carbocycles. The Morgan fingerprint density at radius 2 is 1.75 bits per heavy atom. The van der Waals surface area contributed by atoms with Gasteiger partial charge in [-0.1, -0.05) is 24.3 Å². The van der Waals surface area contributed by atoms with E-state index in [9.17, 15) is 19.2 Å². The van der Waals surface area contributed by atoms with Gasteiger partial charge in [0.1, 0.15) is 17.5 Å². The highest BCUT2D eigenvalue weighted by atomic mass is 32.2. The molecule has 1 saturated heterocycles. The van der Waals surface area contributed by atoms with E-state index in [2.05, 4.69) is 10.6 Å². The van der Waals surface area contributed by atoms with Crippen LogP contribution in [0.15, 0.2) is 53.4 Å². The van der Waals surface area contributed by atoms with Gasteiger partial charge in [0.15, 0.2) is 0 Å². The molecule has 4 N–H and O–H groups in total. The number of nitrogens with one attached hydrogen (secondary N) is 2. The van der Waals surface area contributed by atoms with Crippen LogP contribution in [0.3, 0.4) is 0 Å². The first-order chi connectivity index (χ1) is 17.3. The summed E-state index contributed by atoms with van der Waals surface area (Å²) < 4.78 is 10.7. The van der Waals surface area contributed by atoms with Gasteiger partial charge >= 0.3 is 5.97 Å². The fraction of sp³-hybridized carbons (Fsp3) is 0.280. The minimum absolute atomic E-state index is 0.241. The van der Waals surface area contributed by atoms with Gasteiger partial charge in [0, 0.05) is 6.42 Å². The molecule has 9 nitrogen and oxygen atoms in total. The number of imide groups is 1. The second kappa shape index (κ2) is 13.1. The maximum atomic E-state index is 12.4. The molecule has 190 valence electrons. The Kier molecular flexibility index (Phi) is 9.97. The molecule has 2 unspecified atom stereocenters. The molecule has 0 radical (unpaired) electrons. The van der Waals surface area contributed by atoms with Crippen molar-refractivity contribution in [1.29, 1.82) is 0 Å². The number of hydrogen-bond donors (Lipinski definition) is 3. The van der Waals surface area contributed by atoms with E-state index in [1.165, 1.54) is 7.11 Å². The number of rotatable bonds is 11. The molecular weight excluding hydrogens is 502 g/mol. The van der Waals surface area contributed by atoms with Gasteiger partial charge < -0.3 is 20.5 Å². The largest absolute Gasteiger partial charge is 0.467 e. The standard InChI is InChI=1S/C25H27N3O6S2/c1-33-24(31)20(27-22(29)19(26)11-12-35-2)13-15-3-7-17(8-4-15)34-18-9-5-16(6-10-18)14-21-23(30)28-25(32)36-21/h3-10,14,19-20H,11-13,26H2,1-2H3,(H,27,29)(H,28,30,32).